The van der Waals surface area contributed by atoms with Gasteiger partial charge in [-0.15, -0.1) is 0 Å². The highest BCUT2D eigenvalue weighted by Crippen LogP contribution is 2.24. The van der Waals surface area contributed by atoms with E-state index >= 15 is 0 Å². The van der Waals surface area contributed by atoms with Crippen molar-refractivity contribution in [3.63, 3.8) is 0 Å². The number of fused-ring (bicyclic) bond motifs is 1. The van der Waals surface area contributed by atoms with Gasteiger partial charge in [-0.1, -0.05) is 72.3 Å². The maximum atomic E-state index is 12.3. The molecule has 0 fully saturated rings. The second-order valence-corrected chi connectivity index (χ2v) is 8.17. The first-order valence-corrected chi connectivity index (χ1v) is 11.3. The first-order chi connectivity index (χ1) is 17.2. The van der Waals surface area contributed by atoms with Gasteiger partial charge >= 0.3 is 0 Å². The van der Waals surface area contributed by atoms with Gasteiger partial charge in [0.2, 0.25) is 0 Å². The summed E-state index contributed by atoms with van der Waals surface area (Å²) in [4.78, 5) is 12.3. The van der Waals surface area contributed by atoms with E-state index in [-0.39, 0.29) is 12.5 Å². The standard InChI is InChI=1S/C29H24N4O2/c1-21-8-7-11-24(16-21)29-25(19-33(32-29)26-12-3-2-4-13-26)18-30-31-28(34)20-35-27-15-14-22-9-5-6-10-23(22)17-27/h2-19H,20H2,1H3,(H,31,34)/b30-18+. The molecule has 0 bridgehead atoms. The van der Waals surface area contributed by atoms with Crippen LogP contribution in [0.4, 0.5) is 0 Å². The van der Waals surface area contributed by atoms with Gasteiger partial charge in [0.05, 0.1) is 11.9 Å². The second-order valence-electron chi connectivity index (χ2n) is 8.17. The number of amides is 1. The third-order valence-corrected chi connectivity index (χ3v) is 5.54. The van der Waals surface area contributed by atoms with Crippen molar-refractivity contribution in [3.8, 4) is 22.7 Å². The summed E-state index contributed by atoms with van der Waals surface area (Å²) >= 11 is 0. The maximum absolute atomic E-state index is 12.3. The van der Waals surface area contributed by atoms with Crippen LogP contribution in [-0.4, -0.2) is 28.5 Å². The molecular weight excluding hydrogens is 436 g/mol. The van der Waals surface area contributed by atoms with Crippen LogP contribution in [0.3, 0.4) is 0 Å². The number of aryl methyl sites for hydroxylation is 1. The van der Waals surface area contributed by atoms with E-state index < -0.39 is 0 Å². The highest BCUT2D eigenvalue weighted by atomic mass is 16.5. The summed E-state index contributed by atoms with van der Waals surface area (Å²) in [6.45, 7) is 1.91. The van der Waals surface area contributed by atoms with Crippen LogP contribution in [0.5, 0.6) is 5.75 Å². The van der Waals surface area contributed by atoms with E-state index in [2.05, 4.69) is 16.6 Å². The second kappa shape index (κ2) is 10.1. The van der Waals surface area contributed by atoms with Crippen molar-refractivity contribution in [1.29, 1.82) is 0 Å². The zero-order valence-corrected chi connectivity index (χ0v) is 19.3. The van der Waals surface area contributed by atoms with Gasteiger partial charge < -0.3 is 4.74 Å². The smallest absolute Gasteiger partial charge is 0.277 e. The van der Waals surface area contributed by atoms with Crippen molar-refractivity contribution in [2.75, 3.05) is 6.61 Å². The predicted molar refractivity (Wildman–Crippen MR) is 139 cm³/mol. The van der Waals surface area contributed by atoms with Crippen molar-refractivity contribution in [3.05, 3.63) is 114 Å². The van der Waals surface area contributed by atoms with Crippen LogP contribution in [0, 0.1) is 6.92 Å². The molecule has 172 valence electrons. The van der Waals surface area contributed by atoms with Crippen molar-refractivity contribution < 1.29 is 9.53 Å². The Kier molecular flexibility index (Phi) is 6.35. The lowest BCUT2D eigenvalue weighted by atomic mass is 10.1. The molecule has 1 heterocycles. The Morgan fingerprint density at radius 2 is 1.74 bits per heavy atom. The lowest BCUT2D eigenvalue weighted by Crippen LogP contribution is -2.24. The number of hydrogen-bond acceptors (Lipinski definition) is 4. The fourth-order valence-electron chi connectivity index (χ4n) is 3.82. The molecular formula is C29H24N4O2. The maximum Gasteiger partial charge on any atom is 0.277 e. The quantitative estimate of drug-likeness (QED) is 0.256. The zero-order valence-electron chi connectivity index (χ0n) is 19.3. The van der Waals surface area contributed by atoms with Crippen LogP contribution in [0.1, 0.15) is 11.1 Å². The molecule has 0 saturated carbocycles. The Hall–Kier alpha value is -4.71. The summed E-state index contributed by atoms with van der Waals surface area (Å²) in [5.41, 5.74) is 7.17. The van der Waals surface area contributed by atoms with Crippen molar-refractivity contribution in [1.82, 2.24) is 15.2 Å². The number of nitrogens with zero attached hydrogens (tertiary/aromatic N) is 3. The number of hydrazone groups is 1. The van der Waals surface area contributed by atoms with Crippen LogP contribution in [0.25, 0.3) is 27.7 Å². The Morgan fingerprint density at radius 3 is 2.57 bits per heavy atom. The summed E-state index contributed by atoms with van der Waals surface area (Å²) in [5, 5.41) is 11.1. The first kappa shape index (κ1) is 22.1. The Bertz CT molecular complexity index is 1510. The molecule has 0 aliphatic heterocycles. The Balaban J connectivity index is 1.30. The number of benzene rings is 4. The van der Waals surface area contributed by atoms with Gasteiger partial charge in [0.15, 0.2) is 6.61 Å². The van der Waals surface area contributed by atoms with Crippen LogP contribution in [-0.2, 0) is 4.79 Å². The number of para-hydroxylation sites is 1. The van der Waals surface area contributed by atoms with Crippen LogP contribution >= 0.6 is 0 Å². The number of hydrogen-bond donors (Lipinski definition) is 1. The van der Waals surface area contributed by atoms with Gasteiger partial charge in [0.1, 0.15) is 11.4 Å². The van der Waals surface area contributed by atoms with Crippen molar-refractivity contribution in [2.45, 2.75) is 6.92 Å². The molecule has 35 heavy (non-hydrogen) atoms. The molecule has 0 aliphatic rings. The minimum Gasteiger partial charge on any atom is -0.484 e. The third-order valence-electron chi connectivity index (χ3n) is 5.54. The van der Waals surface area contributed by atoms with Crippen LogP contribution in [0.15, 0.2) is 108 Å². The molecule has 0 radical (unpaired) electrons. The number of carbonyl (C=O) groups is 1. The first-order valence-electron chi connectivity index (χ1n) is 11.3. The van der Waals surface area contributed by atoms with E-state index in [1.165, 1.54) is 0 Å². The highest BCUT2D eigenvalue weighted by molar-refractivity contribution is 5.90. The number of aromatic nitrogens is 2. The summed E-state index contributed by atoms with van der Waals surface area (Å²) in [6, 6.07) is 31.7. The summed E-state index contributed by atoms with van der Waals surface area (Å²) < 4.78 is 7.45. The van der Waals surface area contributed by atoms with Gasteiger partial charge in [-0.25, -0.2) is 10.1 Å². The van der Waals surface area contributed by atoms with Crippen molar-refractivity contribution >= 4 is 22.9 Å². The SMILES string of the molecule is Cc1cccc(-c2nn(-c3ccccc3)cc2/C=N/NC(=O)COc2ccc3ccccc3c2)c1. The fourth-order valence-corrected chi connectivity index (χ4v) is 3.82. The summed E-state index contributed by atoms with van der Waals surface area (Å²) in [5.74, 6) is 0.288. The van der Waals surface area contributed by atoms with Gasteiger partial charge in [-0.05, 0) is 48.0 Å². The molecule has 6 heteroatoms. The third kappa shape index (κ3) is 5.28. The zero-order chi connectivity index (χ0) is 24.0. The van der Waals surface area contributed by atoms with Gasteiger partial charge in [-0.3, -0.25) is 4.79 Å². The molecule has 5 rings (SSSR count). The topological polar surface area (TPSA) is 68.5 Å². The van der Waals surface area contributed by atoms with Crippen LogP contribution in [0.2, 0.25) is 0 Å². The molecule has 1 aromatic heterocycles. The average Bonchev–Trinajstić information content (AvgIpc) is 3.32. The Labute approximate surface area is 203 Å². The molecule has 1 N–H and O–H groups in total. The lowest BCUT2D eigenvalue weighted by Gasteiger charge is -2.06. The molecule has 5 aromatic rings. The summed E-state index contributed by atoms with van der Waals surface area (Å²) in [6.07, 6.45) is 3.51. The molecule has 0 saturated heterocycles. The predicted octanol–water partition coefficient (Wildman–Crippen LogP) is 5.53. The monoisotopic (exact) mass is 460 g/mol. The molecule has 4 aromatic carbocycles. The molecule has 6 nitrogen and oxygen atoms in total. The number of nitrogens with one attached hydrogen (secondary N) is 1. The van der Waals surface area contributed by atoms with E-state index in [0.717, 1.165) is 38.8 Å². The molecule has 0 unspecified atom stereocenters. The van der Waals surface area contributed by atoms with E-state index in [4.69, 9.17) is 9.84 Å². The highest BCUT2D eigenvalue weighted by Gasteiger charge is 2.11. The Morgan fingerprint density at radius 1 is 0.943 bits per heavy atom. The molecule has 1 amide bonds. The minimum atomic E-state index is -0.345. The number of rotatable bonds is 7. The molecule has 0 aliphatic carbocycles. The van der Waals surface area contributed by atoms with Gasteiger partial charge in [-0.2, -0.15) is 10.2 Å². The fraction of sp³-hybridized carbons (Fsp3) is 0.0690. The lowest BCUT2D eigenvalue weighted by molar-refractivity contribution is -0.123. The normalized spacial score (nSPS) is 11.1. The van der Waals surface area contributed by atoms with Gasteiger partial charge in [0.25, 0.3) is 5.91 Å². The summed E-state index contributed by atoms with van der Waals surface area (Å²) in [7, 11) is 0. The molecule has 0 atom stereocenters. The minimum absolute atomic E-state index is 0.135. The van der Waals surface area contributed by atoms with Crippen molar-refractivity contribution in [2.24, 2.45) is 5.10 Å². The molecule has 0 spiro atoms. The van der Waals surface area contributed by atoms with E-state index in [1.807, 2.05) is 109 Å². The average molecular weight is 461 g/mol. The number of ether oxygens (including phenoxy) is 1. The van der Waals surface area contributed by atoms with E-state index in [9.17, 15) is 4.79 Å². The van der Waals surface area contributed by atoms with E-state index in [1.54, 1.807) is 6.21 Å². The van der Waals surface area contributed by atoms with Crippen LogP contribution < -0.4 is 10.2 Å². The van der Waals surface area contributed by atoms with E-state index in [0.29, 0.717) is 5.75 Å². The van der Waals surface area contributed by atoms with Gasteiger partial charge in [0, 0.05) is 17.3 Å². The largest absolute Gasteiger partial charge is 0.484 e. The number of carbonyl (C=O) groups excluding carboxylic acids is 1.